The Kier molecular flexibility index (Phi) is 6.82. The number of rotatable bonds is 8. The van der Waals surface area contributed by atoms with E-state index in [-0.39, 0.29) is 28.5 Å². The molecule has 3 rings (SSSR count). The van der Waals surface area contributed by atoms with Crippen molar-refractivity contribution in [3.05, 3.63) is 58.1 Å². The number of carbonyl (C=O) groups is 1. The first-order valence-corrected chi connectivity index (χ1v) is 9.84. The number of hydrogen-bond acceptors (Lipinski definition) is 9. The highest BCUT2D eigenvalue weighted by molar-refractivity contribution is 7.99. The van der Waals surface area contributed by atoms with Crippen LogP contribution in [0.2, 0.25) is 0 Å². The molecule has 2 N–H and O–H groups in total. The molecule has 160 valence electrons. The number of phenols is 1. The van der Waals surface area contributed by atoms with Crippen LogP contribution in [0.1, 0.15) is 5.56 Å². The highest BCUT2D eigenvalue weighted by Gasteiger charge is 2.16. The number of benzene rings is 2. The summed E-state index contributed by atoms with van der Waals surface area (Å²) in [5.74, 6) is -0.136. The van der Waals surface area contributed by atoms with Crippen LogP contribution >= 0.6 is 11.8 Å². The number of methoxy groups -OCH3 is 1. The molecular weight excluding hydrogens is 424 g/mol. The van der Waals surface area contributed by atoms with E-state index < -0.39 is 10.8 Å². The van der Waals surface area contributed by atoms with Crippen LogP contribution < -0.4 is 10.2 Å². The molecule has 0 unspecified atom stereocenters. The van der Waals surface area contributed by atoms with E-state index in [2.05, 4.69) is 20.7 Å². The van der Waals surface area contributed by atoms with Crippen molar-refractivity contribution >= 4 is 29.6 Å². The van der Waals surface area contributed by atoms with E-state index in [1.165, 1.54) is 18.9 Å². The Morgan fingerprint density at radius 1 is 1.35 bits per heavy atom. The number of non-ortho nitro benzene ring substituents is 1. The van der Waals surface area contributed by atoms with Gasteiger partial charge in [-0.15, -0.1) is 10.2 Å². The fourth-order valence-corrected chi connectivity index (χ4v) is 3.29. The molecule has 0 spiro atoms. The number of nitro groups is 1. The largest absolute Gasteiger partial charge is 0.504 e. The van der Waals surface area contributed by atoms with Crippen molar-refractivity contribution in [1.29, 1.82) is 0 Å². The van der Waals surface area contributed by atoms with E-state index in [0.717, 1.165) is 23.9 Å². The van der Waals surface area contributed by atoms with Gasteiger partial charge in [-0.3, -0.25) is 14.9 Å². The van der Waals surface area contributed by atoms with Crippen LogP contribution in [0, 0.1) is 10.1 Å². The molecule has 12 heteroatoms. The molecule has 0 aliphatic carbocycles. The van der Waals surface area contributed by atoms with Crippen LogP contribution in [0.25, 0.3) is 11.4 Å². The van der Waals surface area contributed by atoms with Gasteiger partial charge >= 0.3 is 0 Å². The van der Waals surface area contributed by atoms with Crippen LogP contribution in [0.4, 0.5) is 5.69 Å². The number of thioether (sulfide) groups is 1. The summed E-state index contributed by atoms with van der Waals surface area (Å²) in [7, 11) is 3.08. The number of phenolic OH excluding ortho intramolecular Hbond substituents is 1. The zero-order valence-corrected chi connectivity index (χ0v) is 17.4. The summed E-state index contributed by atoms with van der Waals surface area (Å²) in [6.45, 7) is 0. The lowest BCUT2D eigenvalue weighted by Gasteiger charge is -2.06. The summed E-state index contributed by atoms with van der Waals surface area (Å²) in [5.41, 5.74) is 2.96. The first-order valence-electron chi connectivity index (χ1n) is 8.85. The number of hydrazone groups is 1. The number of hydrogen-bond donors (Lipinski definition) is 2. The summed E-state index contributed by atoms with van der Waals surface area (Å²) in [6, 6.07) is 11.7. The van der Waals surface area contributed by atoms with Gasteiger partial charge in [0.2, 0.25) is 0 Å². The summed E-state index contributed by atoms with van der Waals surface area (Å²) < 4.78 is 6.70. The summed E-state index contributed by atoms with van der Waals surface area (Å²) >= 11 is 1.18. The summed E-state index contributed by atoms with van der Waals surface area (Å²) in [5, 5.41) is 33.6. The first-order chi connectivity index (χ1) is 14.9. The predicted molar refractivity (Wildman–Crippen MR) is 114 cm³/mol. The van der Waals surface area contributed by atoms with Gasteiger partial charge in [0.25, 0.3) is 11.6 Å². The summed E-state index contributed by atoms with van der Waals surface area (Å²) in [6.07, 6.45) is 1.10. The third kappa shape index (κ3) is 5.17. The maximum absolute atomic E-state index is 12.1. The number of nitro benzene ring substituents is 1. The highest BCUT2D eigenvalue weighted by atomic mass is 32.2. The number of nitrogens with zero attached hydrogens (tertiary/aromatic N) is 5. The van der Waals surface area contributed by atoms with Crippen molar-refractivity contribution in [3.63, 3.8) is 0 Å². The van der Waals surface area contributed by atoms with Crippen LogP contribution in [0.15, 0.2) is 52.7 Å². The molecule has 0 fully saturated rings. The Hall–Kier alpha value is -3.93. The van der Waals surface area contributed by atoms with E-state index in [1.54, 1.807) is 11.6 Å². The van der Waals surface area contributed by atoms with Gasteiger partial charge in [-0.1, -0.05) is 42.1 Å². The number of amides is 1. The van der Waals surface area contributed by atoms with Gasteiger partial charge in [-0.05, 0) is 0 Å². The lowest BCUT2D eigenvalue weighted by molar-refractivity contribution is -0.385. The minimum Gasteiger partial charge on any atom is -0.504 e. The lowest BCUT2D eigenvalue weighted by Crippen LogP contribution is -2.20. The van der Waals surface area contributed by atoms with E-state index in [9.17, 15) is 20.0 Å². The molecule has 1 heterocycles. The molecule has 0 atom stereocenters. The third-order valence-electron chi connectivity index (χ3n) is 4.11. The minimum absolute atomic E-state index is 0.0162. The quantitative estimate of drug-likeness (QED) is 0.234. The van der Waals surface area contributed by atoms with Crippen molar-refractivity contribution in [1.82, 2.24) is 20.2 Å². The first kappa shape index (κ1) is 21.8. The van der Waals surface area contributed by atoms with E-state index in [0.29, 0.717) is 11.0 Å². The summed E-state index contributed by atoms with van der Waals surface area (Å²) in [4.78, 5) is 22.4. The standard InChI is InChI=1S/C19H18N6O5S/c1-24-18(12-6-4-3-5-7-12)22-23-19(24)31-11-16(26)21-20-10-13-8-14(25(28)29)9-15(30-2)17(13)27/h3-10,27H,11H2,1-2H3,(H,21,26)/b20-10+. The Labute approximate surface area is 180 Å². The third-order valence-corrected chi connectivity index (χ3v) is 5.13. The average Bonchev–Trinajstić information content (AvgIpc) is 3.14. The van der Waals surface area contributed by atoms with Gasteiger partial charge in [-0.2, -0.15) is 5.10 Å². The molecule has 11 nitrogen and oxygen atoms in total. The van der Waals surface area contributed by atoms with Crippen molar-refractivity contribution in [2.75, 3.05) is 12.9 Å². The Morgan fingerprint density at radius 2 is 2.10 bits per heavy atom. The molecule has 0 saturated carbocycles. The van der Waals surface area contributed by atoms with Crippen LogP contribution in [0.3, 0.4) is 0 Å². The van der Waals surface area contributed by atoms with Crippen molar-refractivity contribution < 1.29 is 19.6 Å². The second-order valence-corrected chi connectivity index (χ2v) is 7.10. The minimum atomic E-state index is -0.626. The van der Waals surface area contributed by atoms with Gasteiger partial charge in [-0.25, -0.2) is 5.43 Å². The Morgan fingerprint density at radius 3 is 2.77 bits per heavy atom. The molecule has 2 aromatic carbocycles. The zero-order valence-electron chi connectivity index (χ0n) is 16.6. The van der Waals surface area contributed by atoms with Gasteiger partial charge in [0.15, 0.2) is 22.5 Å². The molecule has 0 radical (unpaired) electrons. The zero-order chi connectivity index (χ0) is 22.4. The lowest BCUT2D eigenvalue weighted by atomic mass is 10.2. The Bertz CT molecular complexity index is 1130. The van der Waals surface area contributed by atoms with Gasteiger partial charge in [0, 0.05) is 24.2 Å². The molecule has 1 aromatic heterocycles. The van der Waals surface area contributed by atoms with Crippen LogP contribution in [-0.2, 0) is 11.8 Å². The van der Waals surface area contributed by atoms with Crippen molar-refractivity contribution in [2.24, 2.45) is 12.1 Å². The predicted octanol–water partition coefficient (Wildman–Crippen LogP) is 2.35. The fourth-order valence-electron chi connectivity index (χ4n) is 2.59. The van der Waals surface area contributed by atoms with Crippen LogP contribution in [-0.4, -0.2) is 49.8 Å². The van der Waals surface area contributed by atoms with E-state index >= 15 is 0 Å². The van der Waals surface area contributed by atoms with Crippen molar-refractivity contribution in [3.8, 4) is 22.9 Å². The maximum atomic E-state index is 12.1. The number of carbonyl (C=O) groups excluding carboxylic acids is 1. The second kappa shape index (κ2) is 9.71. The smallest absolute Gasteiger partial charge is 0.274 e. The van der Waals surface area contributed by atoms with Gasteiger partial charge < -0.3 is 14.4 Å². The monoisotopic (exact) mass is 442 g/mol. The molecular formula is C19H18N6O5S. The van der Waals surface area contributed by atoms with E-state index in [4.69, 9.17) is 4.74 Å². The van der Waals surface area contributed by atoms with E-state index in [1.807, 2.05) is 30.3 Å². The maximum Gasteiger partial charge on any atom is 0.274 e. The molecule has 1 amide bonds. The molecule has 31 heavy (non-hydrogen) atoms. The number of ether oxygens (including phenoxy) is 1. The fraction of sp³-hybridized carbons (Fsp3) is 0.158. The molecule has 3 aromatic rings. The van der Waals surface area contributed by atoms with Crippen molar-refractivity contribution in [2.45, 2.75) is 5.16 Å². The molecule has 0 aliphatic rings. The molecule has 0 aliphatic heterocycles. The second-order valence-electron chi connectivity index (χ2n) is 6.16. The number of aromatic nitrogens is 3. The molecule has 0 bridgehead atoms. The SMILES string of the molecule is COc1cc([N+](=O)[O-])cc(/C=N/NC(=O)CSc2nnc(-c3ccccc3)n2C)c1O. The topological polar surface area (TPSA) is 145 Å². The average molecular weight is 442 g/mol. The number of nitrogens with one attached hydrogen (secondary N) is 1. The normalized spacial score (nSPS) is 10.9. The Balaban J connectivity index is 1.61. The highest BCUT2D eigenvalue weighted by Crippen LogP contribution is 2.33. The molecule has 0 saturated heterocycles. The van der Waals surface area contributed by atoms with Gasteiger partial charge in [0.05, 0.1) is 30.1 Å². The number of aromatic hydroxyl groups is 1. The van der Waals surface area contributed by atoms with Gasteiger partial charge in [0.1, 0.15) is 0 Å². The van der Waals surface area contributed by atoms with Crippen LogP contribution in [0.5, 0.6) is 11.5 Å².